The first-order valence-electron chi connectivity index (χ1n) is 4.62. The van der Waals surface area contributed by atoms with Gasteiger partial charge in [-0.3, -0.25) is 9.78 Å². The van der Waals surface area contributed by atoms with Crippen molar-refractivity contribution in [2.24, 2.45) is 0 Å². The summed E-state index contributed by atoms with van der Waals surface area (Å²) in [7, 11) is 0. The summed E-state index contributed by atoms with van der Waals surface area (Å²) in [5.41, 5.74) is 1.69. The van der Waals surface area contributed by atoms with Crippen LogP contribution >= 0.6 is 0 Å². The molecule has 0 fully saturated rings. The van der Waals surface area contributed by atoms with Crippen molar-refractivity contribution in [2.75, 3.05) is 0 Å². The van der Waals surface area contributed by atoms with E-state index in [4.69, 9.17) is 6.42 Å². The number of carbonyl (C=O) groups excluding carboxylic acids is 1. The van der Waals surface area contributed by atoms with E-state index in [1.54, 1.807) is 12.4 Å². The van der Waals surface area contributed by atoms with Crippen molar-refractivity contribution in [2.45, 2.75) is 26.2 Å². The first-order chi connectivity index (χ1) is 6.74. The lowest BCUT2D eigenvalue weighted by Crippen LogP contribution is -1.99. The highest BCUT2D eigenvalue weighted by Gasteiger charge is 2.05. The van der Waals surface area contributed by atoms with Gasteiger partial charge in [0.05, 0.1) is 0 Å². The normalized spacial score (nSPS) is 9.43. The predicted octanol–water partition coefficient (Wildman–Crippen LogP) is 2.38. The van der Waals surface area contributed by atoms with Gasteiger partial charge < -0.3 is 0 Å². The molecule has 0 bridgehead atoms. The van der Waals surface area contributed by atoms with Crippen molar-refractivity contribution in [3.8, 4) is 12.3 Å². The SMILES string of the molecule is C#CCCCC(=O)c1cncc(C)c1. The van der Waals surface area contributed by atoms with Gasteiger partial charge in [0.2, 0.25) is 0 Å². The lowest BCUT2D eigenvalue weighted by atomic mass is 10.1. The van der Waals surface area contributed by atoms with E-state index in [9.17, 15) is 4.79 Å². The maximum Gasteiger partial charge on any atom is 0.164 e. The molecule has 0 aliphatic heterocycles. The van der Waals surface area contributed by atoms with Crippen LogP contribution in [0.15, 0.2) is 18.5 Å². The van der Waals surface area contributed by atoms with Crippen molar-refractivity contribution in [3.63, 3.8) is 0 Å². The average Bonchev–Trinajstić information content (AvgIpc) is 2.18. The standard InChI is InChI=1S/C12H13NO/c1-3-4-5-6-12(14)11-7-10(2)8-13-9-11/h1,7-9H,4-6H2,2H3. The van der Waals surface area contributed by atoms with Crippen LogP contribution in [0.2, 0.25) is 0 Å². The van der Waals surface area contributed by atoms with Gasteiger partial charge in [0.25, 0.3) is 0 Å². The Balaban J connectivity index is 2.57. The molecule has 1 aromatic rings. The molecular formula is C12H13NO. The zero-order valence-corrected chi connectivity index (χ0v) is 8.29. The molecule has 1 heterocycles. The summed E-state index contributed by atoms with van der Waals surface area (Å²) >= 11 is 0. The van der Waals surface area contributed by atoms with Crippen LogP contribution in [0.25, 0.3) is 0 Å². The summed E-state index contributed by atoms with van der Waals surface area (Å²) in [6.45, 7) is 1.92. The number of unbranched alkanes of at least 4 members (excludes halogenated alkanes) is 1. The van der Waals surface area contributed by atoms with Crippen LogP contribution in [0.1, 0.15) is 35.2 Å². The Kier molecular flexibility index (Phi) is 3.87. The van der Waals surface area contributed by atoms with Crippen LogP contribution in [0, 0.1) is 19.3 Å². The van der Waals surface area contributed by atoms with E-state index < -0.39 is 0 Å². The Morgan fingerprint density at radius 2 is 2.36 bits per heavy atom. The van der Waals surface area contributed by atoms with Crippen molar-refractivity contribution in [3.05, 3.63) is 29.6 Å². The van der Waals surface area contributed by atoms with E-state index in [2.05, 4.69) is 10.9 Å². The van der Waals surface area contributed by atoms with Gasteiger partial charge in [0, 0.05) is 30.8 Å². The number of pyridine rings is 1. The van der Waals surface area contributed by atoms with Crippen molar-refractivity contribution < 1.29 is 4.79 Å². The van der Waals surface area contributed by atoms with Gasteiger partial charge in [-0.05, 0) is 25.0 Å². The molecule has 0 aromatic carbocycles. The van der Waals surface area contributed by atoms with Crippen LogP contribution in [0.3, 0.4) is 0 Å². The zero-order chi connectivity index (χ0) is 10.4. The number of carbonyl (C=O) groups is 1. The maximum absolute atomic E-state index is 11.6. The third-order valence-corrected chi connectivity index (χ3v) is 1.92. The summed E-state index contributed by atoms with van der Waals surface area (Å²) in [5, 5.41) is 0. The van der Waals surface area contributed by atoms with Crippen molar-refractivity contribution in [1.82, 2.24) is 4.98 Å². The number of terminal acetylenes is 1. The fourth-order valence-electron chi connectivity index (χ4n) is 1.20. The van der Waals surface area contributed by atoms with E-state index in [0.29, 0.717) is 18.4 Å². The molecule has 1 rings (SSSR count). The molecule has 0 spiro atoms. The second kappa shape index (κ2) is 5.18. The molecular weight excluding hydrogens is 174 g/mol. The van der Waals surface area contributed by atoms with Crippen LogP contribution in [0.4, 0.5) is 0 Å². The van der Waals surface area contributed by atoms with Crippen LogP contribution < -0.4 is 0 Å². The Hall–Kier alpha value is -1.62. The molecule has 2 nitrogen and oxygen atoms in total. The molecule has 0 radical (unpaired) electrons. The molecule has 0 saturated carbocycles. The second-order valence-electron chi connectivity index (χ2n) is 3.23. The number of aromatic nitrogens is 1. The topological polar surface area (TPSA) is 30.0 Å². The molecule has 0 N–H and O–H groups in total. The van der Waals surface area contributed by atoms with Gasteiger partial charge in [-0.25, -0.2) is 0 Å². The fourth-order valence-corrected chi connectivity index (χ4v) is 1.20. The third-order valence-electron chi connectivity index (χ3n) is 1.92. The summed E-state index contributed by atoms with van der Waals surface area (Å²) in [5.74, 6) is 2.64. The number of Topliss-reactive ketones (excluding diaryl/α,β-unsaturated/α-hetero) is 1. The van der Waals surface area contributed by atoms with Crippen molar-refractivity contribution in [1.29, 1.82) is 0 Å². The van der Waals surface area contributed by atoms with Gasteiger partial charge in [0.1, 0.15) is 0 Å². The Morgan fingerprint density at radius 1 is 1.57 bits per heavy atom. The fraction of sp³-hybridized carbons (Fsp3) is 0.333. The summed E-state index contributed by atoms with van der Waals surface area (Å²) in [4.78, 5) is 15.5. The zero-order valence-electron chi connectivity index (χ0n) is 8.29. The van der Waals surface area contributed by atoms with E-state index in [1.807, 2.05) is 13.0 Å². The largest absolute Gasteiger partial charge is 0.294 e. The number of aryl methyl sites for hydroxylation is 1. The van der Waals surface area contributed by atoms with Crippen LogP contribution in [0.5, 0.6) is 0 Å². The van der Waals surface area contributed by atoms with Gasteiger partial charge in [0.15, 0.2) is 5.78 Å². The first kappa shape index (κ1) is 10.5. The predicted molar refractivity (Wildman–Crippen MR) is 56.0 cm³/mol. The quantitative estimate of drug-likeness (QED) is 0.411. The number of rotatable bonds is 4. The summed E-state index contributed by atoms with van der Waals surface area (Å²) in [6.07, 6.45) is 10.4. The van der Waals surface area contributed by atoms with Gasteiger partial charge in [-0.2, -0.15) is 0 Å². The highest BCUT2D eigenvalue weighted by atomic mass is 16.1. The number of nitrogens with zero attached hydrogens (tertiary/aromatic N) is 1. The maximum atomic E-state index is 11.6. The van der Waals surface area contributed by atoms with E-state index >= 15 is 0 Å². The average molecular weight is 187 g/mol. The third kappa shape index (κ3) is 3.02. The lowest BCUT2D eigenvalue weighted by molar-refractivity contribution is 0.0980. The van der Waals surface area contributed by atoms with Gasteiger partial charge in [-0.15, -0.1) is 12.3 Å². The number of ketones is 1. The minimum Gasteiger partial charge on any atom is -0.294 e. The molecule has 1 aromatic heterocycles. The van der Waals surface area contributed by atoms with E-state index in [1.165, 1.54) is 0 Å². The van der Waals surface area contributed by atoms with Gasteiger partial charge in [-0.1, -0.05) is 0 Å². The molecule has 0 unspecified atom stereocenters. The molecule has 2 heteroatoms. The Morgan fingerprint density at radius 3 is 3.00 bits per heavy atom. The highest BCUT2D eigenvalue weighted by Crippen LogP contribution is 2.07. The lowest BCUT2D eigenvalue weighted by Gasteiger charge is -1.99. The van der Waals surface area contributed by atoms with E-state index in [-0.39, 0.29) is 5.78 Å². The minimum atomic E-state index is 0.122. The summed E-state index contributed by atoms with van der Waals surface area (Å²) in [6, 6.07) is 1.85. The second-order valence-corrected chi connectivity index (χ2v) is 3.23. The Labute approximate surface area is 84.4 Å². The first-order valence-corrected chi connectivity index (χ1v) is 4.62. The molecule has 0 saturated heterocycles. The van der Waals surface area contributed by atoms with Crippen molar-refractivity contribution >= 4 is 5.78 Å². The minimum absolute atomic E-state index is 0.122. The van der Waals surface area contributed by atoms with Crippen LogP contribution in [-0.4, -0.2) is 10.8 Å². The Bertz CT molecular complexity index is 363. The molecule has 72 valence electrons. The number of hydrogen-bond acceptors (Lipinski definition) is 2. The molecule has 0 aliphatic rings. The van der Waals surface area contributed by atoms with Crippen LogP contribution in [-0.2, 0) is 0 Å². The van der Waals surface area contributed by atoms with E-state index in [0.717, 1.165) is 12.0 Å². The summed E-state index contributed by atoms with van der Waals surface area (Å²) < 4.78 is 0. The number of hydrogen-bond donors (Lipinski definition) is 0. The molecule has 0 atom stereocenters. The van der Waals surface area contributed by atoms with Gasteiger partial charge >= 0.3 is 0 Å². The highest BCUT2D eigenvalue weighted by molar-refractivity contribution is 5.95. The molecule has 0 aliphatic carbocycles. The smallest absolute Gasteiger partial charge is 0.164 e. The molecule has 14 heavy (non-hydrogen) atoms. The monoisotopic (exact) mass is 187 g/mol. The molecule has 0 amide bonds.